The Kier molecular flexibility index (Phi) is 4.54. The van der Waals surface area contributed by atoms with Crippen LogP contribution in [0.4, 0.5) is 14.9 Å². The largest absolute Gasteiger partial charge is 0.478 e. The molecule has 1 heterocycles. The smallest absolute Gasteiger partial charge is 0.338 e. The lowest BCUT2D eigenvalue weighted by Gasteiger charge is -2.08. The average molecular weight is 308 g/mol. The third-order valence-corrected chi connectivity index (χ3v) is 3.77. The van der Waals surface area contributed by atoms with Crippen LogP contribution in [0.1, 0.15) is 21.5 Å². The van der Waals surface area contributed by atoms with Crippen LogP contribution < -0.4 is 10.6 Å². The molecule has 0 saturated carbocycles. The Labute approximate surface area is 124 Å². The molecule has 0 spiro atoms. The molecule has 2 aromatic rings. The van der Waals surface area contributed by atoms with E-state index in [1.165, 1.54) is 6.07 Å². The summed E-state index contributed by atoms with van der Waals surface area (Å²) >= 11 is 1.55. The molecule has 0 aliphatic carbocycles. The molecule has 7 heteroatoms. The van der Waals surface area contributed by atoms with Crippen molar-refractivity contribution in [1.82, 2.24) is 5.32 Å². The number of nitrogens with one attached hydrogen (secondary N) is 2. The van der Waals surface area contributed by atoms with Crippen molar-refractivity contribution in [2.24, 2.45) is 0 Å². The lowest BCUT2D eigenvalue weighted by atomic mass is 10.2. The Morgan fingerprint density at radius 2 is 2.10 bits per heavy atom. The summed E-state index contributed by atoms with van der Waals surface area (Å²) in [5, 5.41) is 17.7. The van der Waals surface area contributed by atoms with Crippen LogP contribution in [0.3, 0.4) is 0 Å². The van der Waals surface area contributed by atoms with Crippen LogP contribution in [0.2, 0.25) is 0 Å². The van der Waals surface area contributed by atoms with Gasteiger partial charge in [-0.3, -0.25) is 0 Å². The van der Waals surface area contributed by atoms with E-state index in [0.29, 0.717) is 6.54 Å². The number of carbonyl (C=O) groups is 2. The number of carbonyl (C=O) groups excluding carboxylic acids is 1. The van der Waals surface area contributed by atoms with Gasteiger partial charge in [0.2, 0.25) is 0 Å². The highest BCUT2D eigenvalue weighted by molar-refractivity contribution is 7.08. The molecule has 0 aliphatic rings. The number of carboxylic acid groups (broad SMARTS) is 1. The zero-order chi connectivity index (χ0) is 15.4. The van der Waals surface area contributed by atoms with Gasteiger partial charge in [0.1, 0.15) is 5.82 Å². The number of hydrogen-bond donors (Lipinski definition) is 3. The number of carboxylic acids is 1. The molecule has 5 nitrogen and oxygen atoms in total. The van der Waals surface area contributed by atoms with Gasteiger partial charge in [-0.05, 0) is 47.0 Å². The van der Waals surface area contributed by atoms with Gasteiger partial charge in [0, 0.05) is 12.2 Å². The number of anilines is 1. The minimum absolute atomic E-state index is 0.192. The predicted octanol–water partition coefficient (Wildman–Crippen LogP) is 3.22. The first kappa shape index (κ1) is 15.0. The number of urea groups is 1. The molecule has 2 amide bonds. The van der Waals surface area contributed by atoms with E-state index in [0.717, 1.165) is 23.3 Å². The second-order valence-electron chi connectivity index (χ2n) is 4.39. The average Bonchev–Trinajstić information content (AvgIpc) is 2.81. The molecule has 0 aliphatic heterocycles. The van der Waals surface area contributed by atoms with Crippen LogP contribution in [-0.2, 0) is 6.54 Å². The van der Waals surface area contributed by atoms with E-state index in [4.69, 9.17) is 5.11 Å². The van der Waals surface area contributed by atoms with Crippen molar-refractivity contribution in [2.75, 3.05) is 5.32 Å². The first-order valence-corrected chi connectivity index (χ1v) is 7.01. The normalized spacial score (nSPS) is 10.2. The number of thiophene rings is 1. The van der Waals surface area contributed by atoms with E-state index in [2.05, 4.69) is 10.6 Å². The topological polar surface area (TPSA) is 78.4 Å². The van der Waals surface area contributed by atoms with Crippen molar-refractivity contribution in [2.45, 2.75) is 13.5 Å². The van der Waals surface area contributed by atoms with E-state index < -0.39 is 23.4 Å². The van der Waals surface area contributed by atoms with Crippen LogP contribution in [-0.4, -0.2) is 17.1 Å². The van der Waals surface area contributed by atoms with E-state index in [-0.39, 0.29) is 5.69 Å². The van der Waals surface area contributed by atoms with Gasteiger partial charge in [-0.25, -0.2) is 14.0 Å². The van der Waals surface area contributed by atoms with Crippen molar-refractivity contribution in [1.29, 1.82) is 0 Å². The minimum Gasteiger partial charge on any atom is -0.478 e. The predicted molar refractivity (Wildman–Crippen MR) is 78.3 cm³/mol. The maximum atomic E-state index is 13.5. The van der Waals surface area contributed by atoms with Gasteiger partial charge in [-0.15, -0.1) is 0 Å². The maximum Gasteiger partial charge on any atom is 0.338 e. The molecule has 2 rings (SSSR count). The van der Waals surface area contributed by atoms with E-state index in [1.807, 2.05) is 17.7 Å². The van der Waals surface area contributed by atoms with Crippen molar-refractivity contribution < 1.29 is 19.1 Å². The van der Waals surface area contributed by atoms with Crippen LogP contribution in [0, 0.1) is 12.7 Å². The summed E-state index contributed by atoms with van der Waals surface area (Å²) in [5.74, 6) is -2.24. The van der Waals surface area contributed by atoms with Crippen LogP contribution in [0.25, 0.3) is 0 Å². The molecule has 0 saturated heterocycles. The van der Waals surface area contributed by atoms with E-state index in [1.54, 1.807) is 11.3 Å². The molecule has 0 fully saturated rings. The third-order valence-electron chi connectivity index (χ3n) is 2.86. The number of rotatable bonds is 4. The van der Waals surface area contributed by atoms with Gasteiger partial charge in [0.15, 0.2) is 0 Å². The second-order valence-corrected chi connectivity index (χ2v) is 5.13. The van der Waals surface area contributed by atoms with Crippen molar-refractivity contribution >= 4 is 29.0 Å². The molecule has 0 bridgehead atoms. The molecule has 0 atom stereocenters. The SMILES string of the molecule is Cc1cscc1CNC(=O)Nc1ccc(C(=O)O)c(F)c1. The van der Waals surface area contributed by atoms with Gasteiger partial charge in [-0.1, -0.05) is 0 Å². The lowest BCUT2D eigenvalue weighted by Crippen LogP contribution is -2.28. The Hall–Kier alpha value is -2.41. The molecule has 3 N–H and O–H groups in total. The Bertz CT molecular complexity index is 685. The fraction of sp³-hybridized carbons (Fsp3) is 0.143. The summed E-state index contributed by atoms with van der Waals surface area (Å²) < 4.78 is 13.5. The summed E-state index contributed by atoms with van der Waals surface area (Å²) in [5.41, 5.74) is 1.87. The van der Waals surface area contributed by atoms with Crippen LogP contribution in [0.5, 0.6) is 0 Å². The molecule has 21 heavy (non-hydrogen) atoms. The van der Waals surface area contributed by atoms with E-state index >= 15 is 0 Å². The summed E-state index contributed by atoms with van der Waals surface area (Å²) in [6.45, 7) is 2.32. The number of hydrogen-bond acceptors (Lipinski definition) is 3. The fourth-order valence-electron chi connectivity index (χ4n) is 1.69. The highest BCUT2D eigenvalue weighted by atomic mass is 32.1. The van der Waals surface area contributed by atoms with Gasteiger partial charge >= 0.3 is 12.0 Å². The molecule has 1 aromatic heterocycles. The fourth-order valence-corrected chi connectivity index (χ4v) is 2.54. The minimum atomic E-state index is -1.35. The summed E-state index contributed by atoms with van der Waals surface area (Å²) in [7, 11) is 0. The second kappa shape index (κ2) is 6.36. The summed E-state index contributed by atoms with van der Waals surface area (Å²) in [6.07, 6.45) is 0. The maximum absolute atomic E-state index is 13.5. The number of amides is 2. The highest BCUT2D eigenvalue weighted by Gasteiger charge is 2.11. The summed E-state index contributed by atoms with van der Waals surface area (Å²) in [6, 6.07) is 2.93. The highest BCUT2D eigenvalue weighted by Crippen LogP contribution is 2.15. The summed E-state index contributed by atoms with van der Waals surface area (Å²) in [4.78, 5) is 22.4. The zero-order valence-electron chi connectivity index (χ0n) is 11.1. The molecule has 0 unspecified atom stereocenters. The van der Waals surface area contributed by atoms with Crippen LogP contribution in [0.15, 0.2) is 29.0 Å². The molecule has 0 radical (unpaired) electrons. The van der Waals surface area contributed by atoms with Crippen LogP contribution >= 0.6 is 11.3 Å². The molecular formula is C14H13FN2O3S. The molecule has 1 aromatic carbocycles. The van der Waals surface area contributed by atoms with Gasteiger partial charge in [0.05, 0.1) is 5.56 Å². The van der Waals surface area contributed by atoms with Gasteiger partial charge in [-0.2, -0.15) is 11.3 Å². The Morgan fingerprint density at radius 1 is 1.33 bits per heavy atom. The first-order valence-electron chi connectivity index (χ1n) is 6.06. The van der Waals surface area contributed by atoms with Crippen molar-refractivity contribution in [3.8, 4) is 0 Å². The number of halogens is 1. The lowest BCUT2D eigenvalue weighted by molar-refractivity contribution is 0.0692. The zero-order valence-corrected chi connectivity index (χ0v) is 12.0. The number of aromatic carboxylic acids is 1. The molecular weight excluding hydrogens is 295 g/mol. The van der Waals surface area contributed by atoms with Gasteiger partial charge < -0.3 is 15.7 Å². The Morgan fingerprint density at radius 3 is 2.67 bits per heavy atom. The number of benzene rings is 1. The molecule has 110 valence electrons. The van der Waals surface area contributed by atoms with E-state index in [9.17, 15) is 14.0 Å². The Balaban J connectivity index is 1.95. The first-order chi connectivity index (χ1) is 9.97. The van der Waals surface area contributed by atoms with Gasteiger partial charge in [0.25, 0.3) is 0 Å². The number of aryl methyl sites for hydroxylation is 1. The standard InChI is InChI=1S/C14H13FN2O3S/c1-8-6-21-7-9(8)5-16-14(20)17-10-2-3-11(13(18)19)12(15)4-10/h2-4,6-7H,5H2,1H3,(H,18,19)(H2,16,17,20). The van der Waals surface area contributed by atoms with Crippen molar-refractivity contribution in [3.05, 3.63) is 51.5 Å². The third kappa shape index (κ3) is 3.79. The van der Waals surface area contributed by atoms with Crippen molar-refractivity contribution in [3.63, 3.8) is 0 Å². The quantitative estimate of drug-likeness (QED) is 0.811. The monoisotopic (exact) mass is 308 g/mol.